The Kier molecular flexibility index (Phi) is 3.98. The van der Waals surface area contributed by atoms with E-state index >= 15 is 0 Å². The molecule has 0 aromatic heterocycles. The van der Waals surface area contributed by atoms with Crippen LogP contribution in [0.5, 0.6) is 5.75 Å². The van der Waals surface area contributed by atoms with Crippen molar-refractivity contribution in [3.8, 4) is 16.9 Å². The molecule has 124 valence electrons. The number of hydrogen-bond acceptors (Lipinski definition) is 4. The van der Waals surface area contributed by atoms with Crippen LogP contribution >= 0.6 is 0 Å². The summed E-state index contributed by atoms with van der Waals surface area (Å²) in [6, 6.07) is 15.9. The van der Waals surface area contributed by atoms with Gasteiger partial charge < -0.3 is 14.2 Å². The average molecular weight is 324 g/mol. The minimum atomic E-state index is -0.485. The zero-order valence-corrected chi connectivity index (χ0v) is 13.6. The smallest absolute Gasteiger partial charge is 0.338 e. The molecule has 1 saturated heterocycles. The van der Waals surface area contributed by atoms with Crippen LogP contribution in [0, 0.1) is 0 Å². The second-order valence-corrected chi connectivity index (χ2v) is 6.29. The first-order valence-corrected chi connectivity index (χ1v) is 8.35. The fourth-order valence-electron chi connectivity index (χ4n) is 3.03. The highest BCUT2D eigenvalue weighted by Gasteiger charge is 2.49. The molecule has 2 fully saturated rings. The minimum Gasteiger partial charge on any atom is -0.497 e. The van der Waals surface area contributed by atoms with Crippen molar-refractivity contribution in [2.75, 3.05) is 7.11 Å². The lowest BCUT2D eigenvalue weighted by molar-refractivity contribution is -0.154. The van der Waals surface area contributed by atoms with Gasteiger partial charge in [-0.15, -0.1) is 0 Å². The molecule has 0 amide bonds. The number of esters is 1. The monoisotopic (exact) mass is 324 g/mol. The van der Waals surface area contributed by atoms with Gasteiger partial charge in [-0.1, -0.05) is 36.4 Å². The largest absolute Gasteiger partial charge is 0.497 e. The topological polar surface area (TPSA) is 48.1 Å². The molecule has 24 heavy (non-hydrogen) atoms. The molecule has 2 aliphatic rings. The second-order valence-electron chi connectivity index (χ2n) is 6.29. The molecule has 2 aromatic carbocycles. The Morgan fingerprint density at radius 3 is 2.58 bits per heavy atom. The highest BCUT2D eigenvalue weighted by Crippen LogP contribution is 2.45. The van der Waals surface area contributed by atoms with Crippen LogP contribution in [0.2, 0.25) is 0 Å². The summed E-state index contributed by atoms with van der Waals surface area (Å²) in [6.07, 6.45) is 2.46. The highest BCUT2D eigenvalue weighted by atomic mass is 16.6. The Hall–Kier alpha value is -2.33. The molecule has 0 spiro atoms. The van der Waals surface area contributed by atoms with E-state index in [0.717, 1.165) is 41.7 Å². The van der Waals surface area contributed by atoms with Gasteiger partial charge >= 0.3 is 5.97 Å². The quantitative estimate of drug-likeness (QED) is 0.618. The molecule has 0 radical (unpaired) electrons. The summed E-state index contributed by atoms with van der Waals surface area (Å²) in [5.74, 6) is 0.548. The molecule has 2 atom stereocenters. The van der Waals surface area contributed by atoms with Gasteiger partial charge in [0.25, 0.3) is 0 Å². The Labute approximate surface area is 141 Å². The molecule has 4 heteroatoms. The van der Waals surface area contributed by atoms with E-state index in [1.54, 1.807) is 7.11 Å². The third kappa shape index (κ3) is 2.89. The molecule has 0 bridgehead atoms. The number of benzene rings is 2. The van der Waals surface area contributed by atoms with Crippen LogP contribution in [-0.4, -0.2) is 25.3 Å². The standard InChI is InChI=1S/C20H20O4/c1-22-15-10-11-16(17(12-15)13-6-3-2-4-7-13)18-19(24-18)20(21)23-14-8-5-9-14/h2-4,6-7,10-12,14,18-19H,5,8-9H2,1H3. The number of carbonyl (C=O) groups is 1. The number of epoxide rings is 1. The lowest BCUT2D eigenvalue weighted by Crippen LogP contribution is -2.27. The van der Waals surface area contributed by atoms with Gasteiger partial charge in [-0.3, -0.25) is 0 Å². The van der Waals surface area contributed by atoms with E-state index in [2.05, 4.69) is 0 Å². The van der Waals surface area contributed by atoms with Gasteiger partial charge in [0.15, 0.2) is 6.10 Å². The average Bonchev–Trinajstić information content (AvgIpc) is 3.39. The maximum Gasteiger partial charge on any atom is 0.338 e. The van der Waals surface area contributed by atoms with E-state index < -0.39 is 6.10 Å². The van der Waals surface area contributed by atoms with Crippen molar-refractivity contribution in [1.29, 1.82) is 0 Å². The molecule has 1 saturated carbocycles. The Morgan fingerprint density at radius 2 is 1.92 bits per heavy atom. The van der Waals surface area contributed by atoms with Gasteiger partial charge in [-0.25, -0.2) is 4.79 Å². The molecular formula is C20H20O4. The summed E-state index contributed by atoms with van der Waals surface area (Å²) in [6.45, 7) is 0. The molecular weight excluding hydrogens is 304 g/mol. The summed E-state index contributed by atoms with van der Waals surface area (Å²) >= 11 is 0. The van der Waals surface area contributed by atoms with Crippen LogP contribution in [0.3, 0.4) is 0 Å². The first-order chi connectivity index (χ1) is 11.8. The van der Waals surface area contributed by atoms with Gasteiger partial charge in [0.05, 0.1) is 7.11 Å². The van der Waals surface area contributed by atoms with Crippen LogP contribution in [0.25, 0.3) is 11.1 Å². The number of methoxy groups -OCH3 is 1. The fourth-order valence-corrected chi connectivity index (χ4v) is 3.03. The minimum absolute atomic E-state index is 0.0896. The van der Waals surface area contributed by atoms with E-state index in [0.29, 0.717) is 0 Å². The predicted octanol–water partition coefficient (Wildman–Crippen LogP) is 3.90. The SMILES string of the molecule is COc1ccc(C2OC2C(=O)OC2CCC2)c(-c2ccccc2)c1. The second kappa shape index (κ2) is 6.29. The molecule has 4 nitrogen and oxygen atoms in total. The van der Waals surface area contributed by atoms with Crippen molar-refractivity contribution >= 4 is 5.97 Å². The highest BCUT2D eigenvalue weighted by molar-refractivity contribution is 5.80. The maximum absolute atomic E-state index is 12.2. The van der Waals surface area contributed by atoms with Gasteiger partial charge in [0.2, 0.25) is 0 Å². The van der Waals surface area contributed by atoms with Gasteiger partial charge in [-0.2, -0.15) is 0 Å². The maximum atomic E-state index is 12.2. The first kappa shape index (κ1) is 15.2. The molecule has 0 N–H and O–H groups in total. The molecule has 1 heterocycles. The predicted molar refractivity (Wildman–Crippen MR) is 89.8 cm³/mol. The van der Waals surface area contributed by atoms with Crippen molar-refractivity contribution in [3.63, 3.8) is 0 Å². The number of ether oxygens (including phenoxy) is 3. The molecule has 4 rings (SSSR count). The molecule has 1 aliphatic heterocycles. The van der Waals surface area contributed by atoms with Crippen molar-refractivity contribution in [3.05, 3.63) is 54.1 Å². The van der Waals surface area contributed by atoms with Crippen molar-refractivity contribution in [2.45, 2.75) is 37.6 Å². The summed E-state index contributed by atoms with van der Waals surface area (Å²) in [4.78, 5) is 12.2. The van der Waals surface area contributed by atoms with Gasteiger partial charge in [0.1, 0.15) is 18.0 Å². The third-order valence-corrected chi connectivity index (χ3v) is 4.71. The fraction of sp³-hybridized carbons (Fsp3) is 0.350. The van der Waals surface area contributed by atoms with Crippen LogP contribution < -0.4 is 4.74 Å². The number of carbonyl (C=O) groups excluding carboxylic acids is 1. The molecule has 2 unspecified atom stereocenters. The van der Waals surface area contributed by atoms with E-state index in [9.17, 15) is 4.79 Å². The molecule has 2 aromatic rings. The van der Waals surface area contributed by atoms with Crippen LogP contribution in [0.4, 0.5) is 0 Å². The van der Waals surface area contributed by atoms with E-state index in [1.807, 2.05) is 48.5 Å². The number of rotatable bonds is 5. The van der Waals surface area contributed by atoms with Gasteiger partial charge in [0, 0.05) is 0 Å². The van der Waals surface area contributed by atoms with Crippen molar-refractivity contribution < 1.29 is 19.0 Å². The summed E-state index contributed by atoms with van der Waals surface area (Å²) in [5.41, 5.74) is 3.10. The summed E-state index contributed by atoms with van der Waals surface area (Å²) in [7, 11) is 1.65. The first-order valence-electron chi connectivity index (χ1n) is 8.35. The Bertz CT molecular complexity index is 737. The van der Waals surface area contributed by atoms with Crippen LogP contribution in [0.1, 0.15) is 30.9 Å². The lowest BCUT2D eigenvalue weighted by Gasteiger charge is -2.24. The Morgan fingerprint density at radius 1 is 1.12 bits per heavy atom. The van der Waals surface area contributed by atoms with E-state index in [1.165, 1.54) is 0 Å². The Balaban J connectivity index is 1.58. The zero-order chi connectivity index (χ0) is 16.5. The molecule has 1 aliphatic carbocycles. The van der Waals surface area contributed by atoms with Crippen molar-refractivity contribution in [1.82, 2.24) is 0 Å². The zero-order valence-electron chi connectivity index (χ0n) is 13.6. The number of hydrogen-bond donors (Lipinski definition) is 0. The third-order valence-electron chi connectivity index (χ3n) is 4.71. The van der Waals surface area contributed by atoms with Gasteiger partial charge in [-0.05, 0) is 48.1 Å². The van der Waals surface area contributed by atoms with E-state index in [-0.39, 0.29) is 18.2 Å². The summed E-state index contributed by atoms with van der Waals surface area (Å²) in [5, 5.41) is 0. The van der Waals surface area contributed by atoms with E-state index in [4.69, 9.17) is 14.2 Å². The van der Waals surface area contributed by atoms with Crippen LogP contribution in [-0.2, 0) is 14.3 Å². The normalized spacial score (nSPS) is 22.5. The summed E-state index contributed by atoms with van der Waals surface area (Å²) < 4.78 is 16.5. The van der Waals surface area contributed by atoms with Crippen LogP contribution in [0.15, 0.2) is 48.5 Å². The lowest BCUT2D eigenvalue weighted by atomic mass is 9.95. The van der Waals surface area contributed by atoms with Crippen molar-refractivity contribution in [2.24, 2.45) is 0 Å².